The van der Waals surface area contributed by atoms with Gasteiger partial charge in [-0.2, -0.15) is 0 Å². The summed E-state index contributed by atoms with van der Waals surface area (Å²) in [6.07, 6.45) is 0.901. The molecule has 126 valence electrons. The molecule has 0 fully saturated rings. The number of rotatable bonds is 2. The molecule has 0 aromatic heterocycles. The van der Waals surface area contributed by atoms with E-state index in [1.165, 1.54) is 5.56 Å². The Hall–Kier alpha value is -2.75. The summed E-state index contributed by atoms with van der Waals surface area (Å²) in [5.74, 6) is -1.60. The minimum absolute atomic E-state index is 0.0610. The minimum atomic E-state index is -0.632. The van der Waals surface area contributed by atoms with Gasteiger partial charge in [0.15, 0.2) is 0 Å². The van der Waals surface area contributed by atoms with Crippen LogP contribution in [0, 0.1) is 6.92 Å². The SMILES string of the molecule is Cc1ccc2c(c1)C(=O)C(=O)[C@H]2CC(=O)N1CCc2ccccc2C1. The molecule has 0 radical (unpaired) electrons. The highest BCUT2D eigenvalue weighted by Crippen LogP contribution is 2.34. The van der Waals surface area contributed by atoms with Gasteiger partial charge >= 0.3 is 0 Å². The summed E-state index contributed by atoms with van der Waals surface area (Å²) in [7, 11) is 0. The van der Waals surface area contributed by atoms with Crippen molar-refractivity contribution in [2.24, 2.45) is 0 Å². The van der Waals surface area contributed by atoms with Crippen LogP contribution in [0.1, 0.15) is 45.0 Å². The standard InChI is InChI=1S/C21H19NO3/c1-13-6-7-16-17(10-13)20(24)21(25)18(16)11-19(23)22-9-8-14-4-2-3-5-15(14)12-22/h2-7,10,18H,8-9,11-12H2,1H3/t18-/m0/s1. The van der Waals surface area contributed by atoms with Crippen LogP contribution in [0.5, 0.6) is 0 Å². The van der Waals surface area contributed by atoms with Crippen LogP contribution in [0.3, 0.4) is 0 Å². The van der Waals surface area contributed by atoms with E-state index in [9.17, 15) is 14.4 Å². The number of Topliss-reactive ketones (excluding diaryl/α,β-unsaturated/α-hetero) is 2. The lowest BCUT2D eigenvalue weighted by Crippen LogP contribution is -2.37. The molecular formula is C21H19NO3. The molecule has 1 amide bonds. The Kier molecular flexibility index (Phi) is 3.75. The van der Waals surface area contributed by atoms with E-state index >= 15 is 0 Å². The van der Waals surface area contributed by atoms with Crippen molar-refractivity contribution in [3.63, 3.8) is 0 Å². The van der Waals surface area contributed by atoms with Gasteiger partial charge in [-0.3, -0.25) is 14.4 Å². The van der Waals surface area contributed by atoms with Crippen molar-refractivity contribution in [2.75, 3.05) is 6.54 Å². The topological polar surface area (TPSA) is 54.5 Å². The van der Waals surface area contributed by atoms with Crippen molar-refractivity contribution in [3.05, 3.63) is 70.3 Å². The molecule has 0 spiro atoms. The molecule has 25 heavy (non-hydrogen) atoms. The monoisotopic (exact) mass is 333 g/mol. The van der Waals surface area contributed by atoms with Gasteiger partial charge in [-0.1, -0.05) is 42.0 Å². The number of hydrogen-bond acceptors (Lipinski definition) is 3. The third-order valence-electron chi connectivity index (χ3n) is 5.23. The fraction of sp³-hybridized carbons (Fsp3) is 0.286. The molecule has 0 unspecified atom stereocenters. The Balaban J connectivity index is 1.54. The molecule has 0 N–H and O–H groups in total. The van der Waals surface area contributed by atoms with Crippen LogP contribution in [-0.4, -0.2) is 28.9 Å². The predicted octanol–water partition coefficient (Wildman–Crippen LogP) is 2.82. The molecule has 0 saturated carbocycles. The van der Waals surface area contributed by atoms with Crippen LogP contribution in [0.2, 0.25) is 0 Å². The van der Waals surface area contributed by atoms with E-state index in [1.807, 2.05) is 37.3 Å². The largest absolute Gasteiger partial charge is 0.338 e. The first-order chi connectivity index (χ1) is 12.0. The summed E-state index contributed by atoms with van der Waals surface area (Å²) in [6.45, 7) is 3.12. The van der Waals surface area contributed by atoms with E-state index in [1.54, 1.807) is 11.0 Å². The minimum Gasteiger partial charge on any atom is -0.338 e. The number of hydrogen-bond donors (Lipinski definition) is 0. The molecule has 1 heterocycles. The quantitative estimate of drug-likeness (QED) is 0.794. The van der Waals surface area contributed by atoms with E-state index < -0.39 is 17.5 Å². The summed E-state index contributed by atoms with van der Waals surface area (Å²) < 4.78 is 0. The molecule has 2 aromatic carbocycles. The summed E-state index contributed by atoms with van der Waals surface area (Å²) in [4.78, 5) is 39.1. The normalized spacial score (nSPS) is 18.9. The zero-order valence-corrected chi connectivity index (χ0v) is 14.1. The van der Waals surface area contributed by atoms with Gasteiger partial charge in [0.1, 0.15) is 0 Å². The number of ketones is 2. The molecule has 0 saturated heterocycles. The van der Waals surface area contributed by atoms with E-state index in [0.717, 1.165) is 17.5 Å². The first-order valence-corrected chi connectivity index (χ1v) is 8.58. The first kappa shape index (κ1) is 15.8. The van der Waals surface area contributed by atoms with Crippen LogP contribution in [0.4, 0.5) is 0 Å². The third kappa shape index (κ3) is 2.68. The van der Waals surface area contributed by atoms with Crippen LogP contribution in [-0.2, 0) is 22.6 Å². The smallest absolute Gasteiger partial charge is 0.229 e. The van der Waals surface area contributed by atoms with Crippen LogP contribution in [0.15, 0.2) is 42.5 Å². The molecule has 4 nitrogen and oxygen atoms in total. The molecule has 1 atom stereocenters. The summed E-state index contributed by atoms with van der Waals surface area (Å²) in [5, 5.41) is 0. The second-order valence-electron chi connectivity index (χ2n) is 6.87. The number of fused-ring (bicyclic) bond motifs is 2. The van der Waals surface area contributed by atoms with Crippen LogP contribution < -0.4 is 0 Å². The van der Waals surface area contributed by atoms with E-state index in [4.69, 9.17) is 0 Å². The van der Waals surface area contributed by atoms with Gasteiger partial charge in [0.25, 0.3) is 0 Å². The van der Waals surface area contributed by atoms with Crippen molar-refractivity contribution in [2.45, 2.75) is 32.2 Å². The van der Waals surface area contributed by atoms with Gasteiger partial charge in [-0.05, 0) is 36.1 Å². The third-order valence-corrected chi connectivity index (χ3v) is 5.23. The van der Waals surface area contributed by atoms with E-state index in [-0.39, 0.29) is 12.3 Å². The lowest BCUT2D eigenvalue weighted by Gasteiger charge is -2.29. The number of amides is 1. The van der Waals surface area contributed by atoms with Gasteiger partial charge in [-0.25, -0.2) is 0 Å². The second kappa shape index (κ2) is 5.96. The highest BCUT2D eigenvalue weighted by Gasteiger charge is 2.40. The summed E-state index contributed by atoms with van der Waals surface area (Å²) in [5.41, 5.74) is 4.55. The zero-order chi connectivity index (χ0) is 17.6. The maximum absolute atomic E-state index is 12.8. The fourth-order valence-electron chi connectivity index (χ4n) is 3.82. The fourth-order valence-corrected chi connectivity index (χ4v) is 3.82. The molecule has 4 rings (SSSR count). The van der Waals surface area contributed by atoms with Crippen molar-refractivity contribution in [3.8, 4) is 0 Å². The van der Waals surface area contributed by atoms with Gasteiger partial charge in [-0.15, -0.1) is 0 Å². The van der Waals surface area contributed by atoms with Crippen LogP contribution >= 0.6 is 0 Å². The Morgan fingerprint density at radius 3 is 2.68 bits per heavy atom. The van der Waals surface area contributed by atoms with Gasteiger partial charge < -0.3 is 4.90 Å². The molecular weight excluding hydrogens is 314 g/mol. The van der Waals surface area contributed by atoms with Gasteiger partial charge in [0.2, 0.25) is 17.5 Å². The molecule has 0 bridgehead atoms. The highest BCUT2D eigenvalue weighted by molar-refractivity contribution is 6.49. The highest BCUT2D eigenvalue weighted by atomic mass is 16.2. The van der Waals surface area contributed by atoms with Crippen molar-refractivity contribution < 1.29 is 14.4 Å². The Bertz CT molecular complexity index is 900. The number of benzene rings is 2. The van der Waals surface area contributed by atoms with Crippen molar-refractivity contribution in [1.82, 2.24) is 4.90 Å². The lowest BCUT2D eigenvalue weighted by atomic mass is 9.94. The zero-order valence-electron chi connectivity index (χ0n) is 14.1. The lowest BCUT2D eigenvalue weighted by molar-refractivity contribution is -0.134. The molecule has 1 aliphatic heterocycles. The molecule has 2 aliphatic rings. The number of nitrogens with zero attached hydrogens (tertiary/aromatic N) is 1. The van der Waals surface area contributed by atoms with Crippen LogP contribution in [0.25, 0.3) is 0 Å². The average molecular weight is 333 g/mol. The average Bonchev–Trinajstić information content (AvgIpc) is 2.86. The maximum Gasteiger partial charge on any atom is 0.229 e. The Morgan fingerprint density at radius 2 is 1.88 bits per heavy atom. The Morgan fingerprint density at radius 1 is 1.12 bits per heavy atom. The van der Waals surface area contributed by atoms with Crippen molar-refractivity contribution >= 4 is 17.5 Å². The van der Waals surface area contributed by atoms with E-state index in [0.29, 0.717) is 24.2 Å². The molecule has 1 aliphatic carbocycles. The Labute approximate surface area is 146 Å². The summed E-state index contributed by atoms with van der Waals surface area (Å²) >= 11 is 0. The number of aryl methyl sites for hydroxylation is 1. The number of carbonyl (C=O) groups excluding carboxylic acids is 3. The van der Waals surface area contributed by atoms with Gasteiger partial charge in [0.05, 0.1) is 5.92 Å². The van der Waals surface area contributed by atoms with Crippen molar-refractivity contribution in [1.29, 1.82) is 0 Å². The number of carbonyl (C=O) groups is 3. The predicted molar refractivity (Wildman–Crippen MR) is 93.4 cm³/mol. The van der Waals surface area contributed by atoms with Gasteiger partial charge in [0, 0.05) is 25.1 Å². The van der Waals surface area contributed by atoms with E-state index in [2.05, 4.69) is 6.07 Å². The molecule has 2 aromatic rings. The molecule has 4 heteroatoms. The first-order valence-electron chi connectivity index (χ1n) is 8.58. The maximum atomic E-state index is 12.8. The second-order valence-corrected chi connectivity index (χ2v) is 6.87. The summed E-state index contributed by atoms with van der Waals surface area (Å²) in [6, 6.07) is 13.6.